The highest BCUT2D eigenvalue weighted by atomic mass is 35.5. The Morgan fingerprint density at radius 1 is 1.27 bits per heavy atom. The maximum atomic E-state index is 12.1. The van der Waals surface area contributed by atoms with E-state index in [1.54, 1.807) is 23.5 Å². The van der Waals surface area contributed by atoms with Crippen molar-refractivity contribution in [1.82, 2.24) is 10.6 Å². The number of carbonyl (C=O) groups is 1. The molecule has 0 spiro atoms. The Hall–Kier alpha value is -1.07. The van der Waals surface area contributed by atoms with E-state index in [2.05, 4.69) is 10.6 Å². The van der Waals surface area contributed by atoms with E-state index in [1.807, 2.05) is 37.4 Å². The van der Waals surface area contributed by atoms with Crippen molar-refractivity contribution in [2.24, 2.45) is 0 Å². The molecule has 0 saturated carbocycles. The van der Waals surface area contributed by atoms with E-state index < -0.39 is 0 Å². The molecule has 0 radical (unpaired) electrons. The SMILES string of the molecule is CC(NC(C)c1ccc(Cl)cc1Cl)C(=O)NCc1cccs1. The van der Waals surface area contributed by atoms with Gasteiger partial charge in [-0.05, 0) is 43.0 Å². The fourth-order valence-corrected chi connectivity index (χ4v) is 3.35. The van der Waals surface area contributed by atoms with Crippen molar-refractivity contribution in [3.05, 3.63) is 56.2 Å². The van der Waals surface area contributed by atoms with Crippen LogP contribution in [0.2, 0.25) is 10.0 Å². The topological polar surface area (TPSA) is 41.1 Å². The van der Waals surface area contributed by atoms with Gasteiger partial charge in [0.1, 0.15) is 0 Å². The largest absolute Gasteiger partial charge is 0.350 e. The number of halogens is 2. The van der Waals surface area contributed by atoms with Crippen molar-refractivity contribution in [2.75, 3.05) is 0 Å². The summed E-state index contributed by atoms with van der Waals surface area (Å²) in [5.74, 6) is -0.0367. The van der Waals surface area contributed by atoms with Gasteiger partial charge in [-0.2, -0.15) is 0 Å². The molecule has 0 aliphatic rings. The smallest absolute Gasteiger partial charge is 0.237 e. The average molecular weight is 357 g/mol. The Balaban J connectivity index is 1.89. The summed E-state index contributed by atoms with van der Waals surface area (Å²) in [6.07, 6.45) is 0. The molecule has 2 unspecified atom stereocenters. The monoisotopic (exact) mass is 356 g/mol. The first-order valence-electron chi connectivity index (χ1n) is 6.98. The van der Waals surface area contributed by atoms with Crippen molar-refractivity contribution in [3.63, 3.8) is 0 Å². The minimum Gasteiger partial charge on any atom is -0.350 e. The lowest BCUT2D eigenvalue weighted by Gasteiger charge is -2.21. The zero-order valence-corrected chi connectivity index (χ0v) is 14.7. The van der Waals surface area contributed by atoms with E-state index in [-0.39, 0.29) is 18.0 Å². The lowest BCUT2D eigenvalue weighted by atomic mass is 10.1. The highest BCUT2D eigenvalue weighted by Gasteiger charge is 2.17. The van der Waals surface area contributed by atoms with Crippen LogP contribution in [0.3, 0.4) is 0 Å². The molecule has 0 aliphatic carbocycles. The number of thiophene rings is 1. The Labute approximate surface area is 144 Å². The fraction of sp³-hybridized carbons (Fsp3) is 0.312. The number of benzene rings is 1. The van der Waals surface area contributed by atoms with Gasteiger partial charge in [0.15, 0.2) is 0 Å². The number of hydrogen-bond acceptors (Lipinski definition) is 3. The summed E-state index contributed by atoms with van der Waals surface area (Å²) < 4.78 is 0. The summed E-state index contributed by atoms with van der Waals surface area (Å²) in [5.41, 5.74) is 0.920. The summed E-state index contributed by atoms with van der Waals surface area (Å²) in [4.78, 5) is 13.3. The Morgan fingerprint density at radius 2 is 2.05 bits per heavy atom. The highest BCUT2D eigenvalue weighted by molar-refractivity contribution is 7.09. The van der Waals surface area contributed by atoms with Gasteiger partial charge in [0, 0.05) is 21.0 Å². The van der Waals surface area contributed by atoms with Gasteiger partial charge in [0.25, 0.3) is 0 Å². The normalized spacial score (nSPS) is 13.6. The highest BCUT2D eigenvalue weighted by Crippen LogP contribution is 2.26. The summed E-state index contributed by atoms with van der Waals surface area (Å²) in [6, 6.07) is 8.98. The second-order valence-corrected chi connectivity index (χ2v) is 6.95. The maximum Gasteiger partial charge on any atom is 0.237 e. The van der Waals surface area contributed by atoms with Crippen LogP contribution in [0.25, 0.3) is 0 Å². The van der Waals surface area contributed by atoms with Gasteiger partial charge in [-0.3, -0.25) is 10.1 Å². The Morgan fingerprint density at radius 3 is 2.68 bits per heavy atom. The molecule has 0 saturated heterocycles. The molecular formula is C16H18Cl2N2OS. The average Bonchev–Trinajstić information content (AvgIpc) is 2.97. The van der Waals surface area contributed by atoms with Crippen molar-refractivity contribution in [1.29, 1.82) is 0 Å². The molecule has 0 aliphatic heterocycles. The first-order valence-corrected chi connectivity index (χ1v) is 8.62. The van der Waals surface area contributed by atoms with Crippen LogP contribution >= 0.6 is 34.5 Å². The van der Waals surface area contributed by atoms with Crippen molar-refractivity contribution < 1.29 is 4.79 Å². The zero-order chi connectivity index (χ0) is 16.1. The van der Waals surface area contributed by atoms with E-state index in [4.69, 9.17) is 23.2 Å². The molecule has 0 fully saturated rings. The van der Waals surface area contributed by atoms with E-state index in [0.717, 1.165) is 10.4 Å². The van der Waals surface area contributed by atoms with Crippen LogP contribution in [0.15, 0.2) is 35.7 Å². The molecule has 0 bridgehead atoms. The lowest BCUT2D eigenvalue weighted by molar-refractivity contribution is -0.123. The second kappa shape index (κ2) is 7.97. The van der Waals surface area contributed by atoms with Crippen LogP contribution in [-0.4, -0.2) is 11.9 Å². The third-order valence-corrected chi connectivity index (χ3v) is 4.78. The number of hydrogen-bond donors (Lipinski definition) is 2. The summed E-state index contributed by atoms with van der Waals surface area (Å²) in [6.45, 7) is 4.36. The lowest BCUT2D eigenvalue weighted by Crippen LogP contribution is -2.42. The van der Waals surface area contributed by atoms with Crippen LogP contribution in [0.5, 0.6) is 0 Å². The van der Waals surface area contributed by atoms with Gasteiger partial charge >= 0.3 is 0 Å². The zero-order valence-electron chi connectivity index (χ0n) is 12.4. The molecule has 6 heteroatoms. The van der Waals surface area contributed by atoms with Crippen molar-refractivity contribution in [2.45, 2.75) is 32.5 Å². The van der Waals surface area contributed by atoms with E-state index >= 15 is 0 Å². The van der Waals surface area contributed by atoms with E-state index in [0.29, 0.717) is 16.6 Å². The molecule has 2 rings (SSSR count). The fourth-order valence-electron chi connectivity index (χ4n) is 2.13. The van der Waals surface area contributed by atoms with Crippen LogP contribution in [0, 0.1) is 0 Å². The van der Waals surface area contributed by atoms with Gasteiger partial charge < -0.3 is 5.32 Å². The maximum absolute atomic E-state index is 12.1. The molecule has 2 atom stereocenters. The predicted octanol–water partition coefficient (Wildman–Crippen LogP) is 4.41. The summed E-state index contributed by atoms with van der Waals surface area (Å²) in [7, 11) is 0. The number of amides is 1. The van der Waals surface area contributed by atoms with Crippen LogP contribution in [-0.2, 0) is 11.3 Å². The third kappa shape index (κ3) is 4.71. The quantitative estimate of drug-likeness (QED) is 0.804. The number of nitrogens with one attached hydrogen (secondary N) is 2. The minimum absolute atomic E-state index is 0.0367. The molecule has 2 aromatic rings. The Kier molecular flexibility index (Phi) is 6.26. The van der Waals surface area contributed by atoms with Gasteiger partial charge in [-0.1, -0.05) is 35.3 Å². The van der Waals surface area contributed by atoms with Crippen LogP contribution < -0.4 is 10.6 Å². The van der Waals surface area contributed by atoms with E-state index in [1.165, 1.54) is 0 Å². The summed E-state index contributed by atoms with van der Waals surface area (Å²) >= 11 is 13.7. The standard InChI is InChI=1S/C16H18Cl2N2OS/c1-10(14-6-5-12(17)8-15(14)18)20-11(2)16(21)19-9-13-4-3-7-22-13/h3-8,10-11,20H,9H2,1-2H3,(H,19,21). The summed E-state index contributed by atoms with van der Waals surface area (Å²) in [5, 5.41) is 9.36. The molecule has 22 heavy (non-hydrogen) atoms. The van der Waals surface area contributed by atoms with Crippen molar-refractivity contribution in [3.8, 4) is 0 Å². The minimum atomic E-state index is -0.318. The molecule has 118 valence electrons. The third-order valence-electron chi connectivity index (χ3n) is 3.34. The molecule has 3 nitrogen and oxygen atoms in total. The van der Waals surface area contributed by atoms with Gasteiger partial charge in [0.2, 0.25) is 5.91 Å². The van der Waals surface area contributed by atoms with Crippen LogP contribution in [0.4, 0.5) is 0 Å². The van der Waals surface area contributed by atoms with Gasteiger partial charge in [-0.25, -0.2) is 0 Å². The number of rotatable bonds is 6. The van der Waals surface area contributed by atoms with E-state index in [9.17, 15) is 4.79 Å². The Bertz CT molecular complexity index is 631. The van der Waals surface area contributed by atoms with Gasteiger partial charge in [0.05, 0.1) is 12.6 Å². The molecule has 1 heterocycles. The second-order valence-electron chi connectivity index (χ2n) is 5.07. The van der Waals surface area contributed by atoms with Gasteiger partial charge in [-0.15, -0.1) is 11.3 Å². The molecule has 1 aromatic carbocycles. The van der Waals surface area contributed by atoms with Crippen molar-refractivity contribution >= 4 is 40.4 Å². The number of carbonyl (C=O) groups excluding carboxylic acids is 1. The molecular weight excluding hydrogens is 339 g/mol. The molecule has 1 amide bonds. The predicted molar refractivity (Wildman–Crippen MR) is 93.6 cm³/mol. The molecule has 2 N–H and O–H groups in total. The molecule has 1 aromatic heterocycles. The van der Waals surface area contributed by atoms with Crippen LogP contribution in [0.1, 0.15) is 30.3 Å². The first-order chi connectivity index (χ1) is 10.5. The first kappa shape index (κ1) is 17.3.